The molecule has 0 aliphatic rings. The normalized spacial score (nSPS) is 12.1. The van der Waals surface area contributed by atoms with Crippen molar-refractivity contribution in [2.45, 2.75) is 30.3 Å². The molecule has 1 amide bonds. The second-order valence-electron chi connectivity index (χ2n) is 6.20. The van der Waals surface area contributed by atoms with Gasteiger partial charge in [0.1, 0.15) is 0 Å². The number of nitrogens with one attached hydrogen (secondary N) is 1. The Morgan fingerprint density at radius 3 is 2.68 bits per heavy atom. The Hall–Kier alpha value is -2.35. The summed E-state index contributed by atoms with van der Waals surface area (Å²) in [7, 11) is 0. The third-order valence-corrected chi connectivity index (χ3v) is 5.47. The van der Waals surface area contributed by atoms with Crippen molar-refractivity contribution in [3.05, 3.63) is 63.9 Å². The molecule has 28 heavy (non-hydrogen) atoms. The van der Waals surface area contributed by atoms with Gasteiger partial charge in [0.2, 0.25) is 5.91 Å². The van der Waals surface area contributed by atoms with Gasteiger partial charge in [-0.05, 0) is 49.7 Å². The number of hydrogen-bond acceptors (Lipinski definition) is 5. The molecule has 0 unspecified atom stereocenters. The van der Waals surface area contributed by atoms with Crippen LogP contribution in [0.15, 0.2) is 58.5 Å². The molecular formula is C20H20ClN3O3S. The highest BCUT2D eigenvalue weighted by Gasteiger charge is 2.19. The quantitative estimate of drug-likeness (QED) is 0.453. The molecule has 2 N–H and O–H groups in total. The maximum Gasteiger partial charge on any atom is 0.262 e. The Morgan fingerprint density at radius 1 is 1.25 bits per heavy atom. The Kier molecular flexibility index (Phi) is 6.72. The van der Waals surface area contributed by atoms with Gasteiger partial charge in [0.25, 0.3) is 5.56 Å². The molecule has 3 rings (SSSR count). The van der Waals surface area contributed by atoms with Crippen LogP contribution in [0.3, 0.4) is 0 Å². The summed E-state index contributed by atoms with van der Waals surface area (Å²) < 4.78 is 1.52. The smallest absolute Gasteiger partial charge is 0.262 e. The second kappa shape index (κ2) is 9.23. The lowest BCUT2D eigenvalue weighted by Gasteiger charge is -2.16. The van der Waals surface area contributed by atoms with Gasteiger partial charge < -0.3 is 10.4 Å². The van der Waals surface area contributed by atoms with Crippen molar-refractivity contribution in [1.29, 1.82) is 0 Å². The van der Waals surface area contributed by atoms with E-state index in [0.29, 0.717) is 39.7 Å². The number of nitrogens with zero attached hydrogens (tertiary/aromatic N) is 2. The summed E-state index contributed by atoms with van der Waals surface area (Å²) in [5.41, 5.74) is 1.05. The largest absolute Gasteiger partial charge is 0.396 e. The first kappa shape index (κ1) is 20.4. The molecule has 0 saturated heterocycles. The number of hydrogen-bond donors (Lipinski definition) is 2. The fourth-order valence-corrected chi connectivity index (χ4v) is 3.71. The third-order valence-electron chi connectivity index (χ3n) is 4.13. The van der Waals surface area contributed by atoms with E-state index in [1.54, 1.807) is 49.4 Å². The first-order chi connectivity index (χ1) is 13.5. The van der Waals surface area contributed by atoms with Crippen LogP contribution in [0.5, 0.6) is 0 Å². The molecule has 146 valence electrons. The van der Waals surface area contributed by atoms with Gasteiger partial charge in [-0.3, -0.25) is 14.2 Å². The van der Waals surface area contributed by atoms with Gasteiger partial charge >= 0.3 is 0 Å². The average molecular weight is 418 g/mol. The van der Waals surface area contributed by atoms with Crippen LogP contribution in [0.25, 0.3) is 10.9 Å². The maximum atomic E-state index is 12.8. The van der Waals surface area contributed by atoms with Crippen LogP contribution in [0.4, 0.5) is 5.69 Å². The van der Waals surface area contributed by atoms with E-state index in [4.69, 9.17) is 16.7 Å². The number of rotatable bonds is 7. The number of amides is 1. The van der Waals surface area contributed by atoms with Gasteiger partial charge in [0, 0.05) is 23.9 Å². The Morgan fingerprint density at radius 2 is 1.96 bits per heavy atom. The molecule has 0 spiro atoms. The van der Waals surface area contributed by atoms with Crippen molar-refractivity contribution in [2.24, 2.45) is 0 Å². The van der Waals surface area contributed by atoms with Crippen LogP contribution in [0, 0.1) is 0 Å². The number of benzene rings is 2. The summed E-state index contributed by atoms with van der Waals surface area (Å²) in [5.74, 6) is -0.205. The Bertz CT molecular complexity index is 1040. The Labute approximate surface area is 171 Å². The van der Waals surface area contributed by atoms with Crippen molar-refractivity contribution >= 4 is 45.9 Å². The number of carbonyl (C=O) groups excluding carboxylic acids is 1. The van der Waals surface area contributed by atoms with Crippen molar-refractivity contribution in [2.75, 3.05) is 11.9 Å². The lowest BCUT2D eigenvalue weighted by molar-refractivity contribution is -0.115. The number of para-hydroxylation sites is 1. The number of halogens is 1. The first-order valence-corrected chi connectivity index (χ1v) is 10.1. The molecule has 6 nitrogen and oxygen atoms in total. The molecular weight excluding hydrogens is 398 g/mol. The molecule has 1 aromatic heterocycles. The van der Waals surface area contributed by atoms with Gasteiger partial charge in [-0.2, -0.15) is 0 Å². The summed E-state index contributed by atoms with van der Waals surface area (Å²) >= 11 is 7.08. The van der Waals surface area contributed by atoms with Gasteiger partial charge in [0.05, 0.1) is 16.2 Å². The second-order valence-corrected chi connectivity index (χ2v) is 7.95. The highest BCUT2D eigenvalue weighted by Crippen LogP contribution is 2.24. The van der Waals surface area contributed by atoms with E-state index in [0.717, 1.165) is 0 Å². The number of anilines is 1. The standard InChI is InChI=1S/C20H20ClN3O3S/c1-13(18(26)22-15-9-7-14(21)8-10-15)28-20-23-17-6-3-2-5-16(17)19(27)24(20)11-4-12-25/h2-3,5-10,13,25H,4,11-12H2,1H3,(H,22,26)/t13-/m1/s1. The predicted octanol–water partition coefficient (Wildman–Crippen LogP) is 3.55. The van der Waals surface area contributed by atoms with Crippen molar-refractivity contribution in [3.8, 4) is 0 Å². The van der Waals surface area contributed by atoms with Crippen LogP contribution in [0.2, 0.25) is 5.02 Å². The molecule has 0 bridgehead atoms. The molecule has 8 heteroatoms. The number of fused-ring (bicyclic) bond motifs is 1. The molecule has 0 aliphatic heterocycles. The van der Waals surface area contributed by atoms with Crippen LogP contribution in [-0.2, 0) is 11.3 Å². The summed E-state index contributed by atoms with van der Waals surface area (Å²) in [6.07, 6.45) is 0.429. The predicted molar refractivity (Wildman–Crippen MR) is 113 cm³/mol. The van der Waals surface area contributed by atoms with E-state index >= 15 is 0 Å². The van der Waals surface area contributed by atoms with Gasteiger partial charge in [-0.25, -0.2) is 4.98 Å². The van der Waals surface area contributed by atoms with Crippen LogP contribution in [-0.4, -0.2) is 32.4 Å². The summed E-state index contributed by atoms with van der Waals surface area (Å²) in [4.78, 5) is 30.0. The van der Waals surface area contributed by atoms with Crippen LogP contribution >= 0.6 is 23.4 Å². The average Bonchev–Trinajstić information content (AvgIpc) is 2.69. The minimum Gasteiger partial charge on any atom is -0.396 e. The molecule has 3 aromatic rings. The zero-order chi connectivity index (χ0) is 20.1. The zero-order valence-corrected chi connectivity index (χ0v) is 16.8. The molecule has 2 aromatic carbocycles. The number of carbonyl (C=O) groups is 1. The van der Waals surface area contributed by atoms with Crippen molar-refractivity contribution < 1.29 is 9.90 Å². The molecule has 0 aliphatic carbocycles. The molecule has 0 fully saturated rings. The molecule has 0 saturated carbocycles. The fraction of sp³-hybridized carbons (Fsp3) is 0.250. The van der Waals surface area contributed by atoms with Crippen molar-refractivity contribution in [1.82, 2.24) is 9.55 Å². The number of aliphatic hydroxyl groups excluding tert-OH is 1. The van der Waals surface area contributed by atoms with E-state index in [2.05, 4.69) is 10.3 Å². The van der Waals surface area contributed by atoms with E-state index in [1.807, 2.05) is 6.07 Å². The van der Waals surface area contributed by atoms with E-state index in [-0.39, 0.29) is 18.1 Å². The third kappa shape index (κ3) is 4.73. The highest BCUT2D eigenvalue weighted by atomic mass is 35.5. The lowest BCUT2D eigenvalue weighted by Crippen LogP contribution is -2.27. The maximum absolute atomic E-state index is 12.8. The number of thioether (sulfide) groups is 1. The summed E-state index contributed by atoms with van der Waals surface area (Å²) in [6, 6.07) is 14.0. The summed E-state index contributed by atoms with van der Waals surface area (Å²) in [6.45, 7) is 2.06. The minimum absolute atomic E-state index is 0.0318. The van der Waals surface area contributed by atoms with Gasteiger partial charge in [-0.15, -0.1) is 0 Å². The van der Waals surface area contributed by atoms with Gasteiger partial charge in [-0.1, -0.05) is 35.5 Å². The van der Waals surface area contributed by atoms with E-state index in [1.165, 1.54) is 16.3 Å². The first-order valence-electron chi connectivity index (χ1n) is 8.83. The minimum atomic E-state index is -0.482. The Balaban J connectivity index is 1.86. The van der Waals surface area contributed by atoms with Crippen molar-refractivity contribution in [3.63, 3.8) is 0 Å². The zero-order valence-electron chi connectivity index (χ0n) is 15.3. The SMILES string of the molecule is C[C@@H](Sc1nc2ccccc2c(=O)n1CCCO)C(=O)Nc1ccc(Cl)cc1. The van der Waals surface area contributed by atoms with Crippen LogP contribution < -0.4 is 10.9 Å². The number of aromatic nitrogens is 2. The van der Waals surface area contributed by atoms with E-state index in [9.17, 15) is 9.59 Å². The highest BCUT2D eigenvalue weighted by molar-refractivity contribution is 8.00. The topological polar surface area (TPSA) is 84.2 Å². The molecule has 1 heterocycles. The fourth-order valence-electron chi connectivity index (χ4n) is 2.65. The summed E-state index contributed by atoms with van der Waals surface area (Å²) in [5, 5.41) is 13.1. The molecule has 1 atom stereocenters. The number of aliphatic hydroxyl groups is 1. The molecule has 0 radical (unpaired) electrons. The lowest BCUT2D eigenvalue weighted by atomic mass is 10.2. The monoisotopic (exact) mass is 417 g/mol. The van der Waals surface area contributed by atoms with Gasteiger partial charge in [0.15, 0.2) is 5.16 Å². The van der Waals surface area contributed by atoms with E-state index < -0.39 is 5.25 Å². The van der Waals surface area contributed by atoms with Crippen LogP contribution in [0.1, 0.15) is 13.3 Å².